The summed E-state index contributed by atoms with van der Waals surface area (Å²) in [6.07, 6.45) is 3.46. The van der Waals surface area contributed by atoms with Crippen molar-refractivity contribution in [2.24, 2.45) is 0 Å². The van der Waals surface area contributed by atoms with Gasteiger partial charge in [-0.1, -0.05) is 18.2 Å². The van der Waals surface area contributed by atoms with Crippen LogP contribution in [0.4, 0.5) is 5.82 Å². The first-order valence-electron chi connectivity index (χ1n) is 9.48. The first kappa shape index (κ1) is 18.6. The fourth-order valence-corrected chi connectivity index (χ4v) is 3.26. The number of hydrogen-bond donors (Lipinski definition) is 1. The molecule has 0 radical (unpaired) electrons. The van der Waals surface area contributed by atoms with Crippen molar-refractivity contribution in [2.45, 2.75) is 20.8 Å². The topological polar surface area (TPSA) is 59.8 Å². The maximum absolute atomic E-state index is 13.0. The molecule has 0 aliphatic rings. The van der Waals surface area contributed by atoms with E-state index in [-0.39, 0.29) is 5.91 Å². The molecule has 0 fully saturated rings. The highest BCUT2D eigenvalue weighted by molar-refractivity contribution is 6.04. The van der Waals surface area contributed by atoms with Gasteiger partial charge in [0, 0.05) is 29.6 Å². The summed E-state index contributed by atoms with van der Waals surface area (Å²) in [6.45, 7) is 6.11. The zero-order valence-corrected chi connectivity index (χ0v) is 16.7. The molecule has 0 saturated heterocycles. The Hall–Kier alpha value is -3.73. The lowest BCUT2D eigenvalue weighted by Crippen LogP contribution is -2.15. The maximum atomic E-state index is 13.0. The zero-order valence-electron chi connectivity index (χ0n) is 16.7. The number of hydrogen-bond acceptors (Lipinski definition) is 3. The summed E-state index contributed by atoms with van der Waals surface area (Å²) < 4.78 is 1.75. The summed E-state index contributed by atoms with van der Waals surface area (Å²) >= 11 is 0. The van der Waals surface area contributed by atoms with Crippen LogP contribution in [0.25, 0.3) is 16.9 Å². The average Bonchev–Trinajstić information content (AvgIpc) is 3.16. The van der Waals surface area contributed by atoms with Gasteiger partial charge in [-0.3, -0.25) is 9.78 Å². The zero-order chi connectivity index (χ0) is 20.4. The van der Waals surface area contributed by atoms with Gasteiger partial charge in [-0.2, -0.15) is 5.10 Å². The second-order valence-electron chi connectivity index (χ2n) is 7.09. The number of carbonyl (C=O) groups is 1. The number of amides is 1. The molecule has 0 spiro atoms. The normalized spacial score (nSPS) is 10.7. The second kappa shape index (κ2) is 7.72. The Bertz CT molecular complexity index is 1140. The minimum absolute atomic E-state index is 0.158. The molecule has 0 bridgehead atoms. The number of nitrogens with zero attached hydrogens (tertiary/aromatic N) is 3. The van der Waals surface area contributed by atoms with E-state index in [4.69, 9.17) is 5.10 Å². The lowest BCUT2D eigenvalue weighted by atomic mass is 10.0. The molecule has 5 heteroatoms. The third-order valence-electron chi connectivity index (χ3n) is 5.12. The van der Waals surface area contributed by atoms with E-state index in [1.54, 1.807) is 17.1 Å². The monoisotopic (exact) mass is 382 g/mol. The summed E-state index contributed by atoms with van der Waals surface area (Å²) in [4.78, 5) is 17.1. The number of para-hydroxylation sites is 1. The van der Waals surface area contributed by atoms with Crippen LogP contribution in [-0.4, -0.2) is 20.7 Å². The molecule has 0 atom stereocenters. The van der Waals surface area contributed by atoms with Gasteiger partial charge in [0.2, 0.25) is 0 Å². The molecule has 4 aromatic rings. The fourth-order valence-electron chi connectivity index (χ4n) is 3.26. The van der Waals surface area contributed by atoms with Crippen LogP contribution in [-0.2, 0) is 0 Å². The molecule has 0 unspecified atom stereocenters. The number of carbonyl (C=O) groups excluding carboxylic acids is 1. The number of rotatable bonds is 4. The van der Waals surface area contributed by atoms with Crippen LogP contribution in [0.5, 0.6) is 0 Å². The van der Waals surface area contributed by atoms with Crippen molar-refractivity contribution in [2.75, 3.05) is 5.32 Å². The van der Waals surface area contributed by atoms with Crippen molar-refractivity contribution >= 4 is 11.7 Å². The number of benzene rings is 2. The van der Waals surface area contributed by atoms with Gasteiger partial charge in [-0.05, 0) is 73.9 Å². The molecule has 29 heavy (non-hydrogen) atoms. The van der Waals surface area contributed by atoms with Gasteiger partial charge in [-0.25, -0.2) is 4.68 Å². The van der Waals surface area contributed by atoms with Crippen molar-refractivity contribution < 1.29 is 4.79 Å². The number of nitrogens with one attached hydrogen (secondary N) is 1. The van der Waals surface area contributed by atoms with Gasteiger partial charge in [0.25, 0.3) is 5.91 Å². The summed E-state index contributed by atoms with van der Waals surface area (Å²) in [5.74, 6) is 0.457. The molecule has 0 aliphatic carbocycles. The minimum atomic E-state index is -0.158. The Morgan fingerprint density at radius 1 is 0.897 bits per heavy atom. The maximum Gasteiger partial charge on any atom is 0.256 e. The molecular formula is C24H22N4O. The van der Waals surface area contributed by atoms with E-state index >= 15 is 0 Å². The Morgan fingerprint density at radius 2 is 1.55 bits per heavy atom. The van der Waals surface area contributed by atoms with Crippen molar-refractivity contribution in [1.82, 2.24) is 14.8 Å². The van der Waals surface area contributed by atoms with Gasteiger partial charge in [0.05, 0.1) is 11.4 Å². The SMILES string of the molecule is Cc1cc(C(=O)Nc2cc(-c3ccncc3)nn2-c2ccccc2)cc(C)c1C. The third kappa shape index (κ3) is 3.80. The summed E-state index contributed by atoms with van der Waals surface area (Å²) in [5, 5.41) is 7.76. The highest BCUT2D eigenvalue weighted by Gasteiger charge is 2.16. The third-order valence-corrected chi connectivity index (χ3v) is 5.12. The van der Waals surface area contributed by atoms with Crippen molar-refractivity contribution in [1.29, 1.82) is 0 Å². The lowest BCUT2D eigenvalue weighted by molar-refractivity contribution is 0.102. The average molecular weight is 382 g/mol. The molecule has 4 rings (SSSR count). The van der Waals surface area contributed by atoms with Gasteiger partial charge in [0.1, 0.15) is 5.82 Å². The second-order valence-corrected chi connectivity index (χ2v) is 7.09. The summed E-state index contributed by atoms with van der Waals surface area (Å²) in [7, 11) is 0. The number of pyridine rings is 1. The molecule has 2 aromatic heterocycles. The van der Waals surface area contributed by atoms with Crippen LogP contribution in [0.2, 0.25) is 0 Å². The van der Waals surface area contributed by atoms with Crippen LogP contribution in [0.3, 0.4) is 0 Å². The Labute approximate surface area is 170 Å². The van der Waals surface area contributed by atoms with E-state index < -0.39 is 0 Å². The van der Waals surface area contributed by atoms with Crippen molar-refractivity contribution in [3.8, 4) is 16.9 Å². The molecular weight excluding hydrogens is 360 g/mol. The molecule has 2 heterocycles. The summed E-state index contributed by atoms with van der Waals surface area (Å²) in [6, 6.07) is 19.3. The summed E-state index contributed by atoms with van der Waals surface area (Å²) in [5.41, 5.74) is 6.62. The molecule has 144 valence electrons. The Kier molecular flexibility index (Phi) is 4.96. The number of anilines is 1. The van der Waals surface area contributed by atoms with E-state index in [1.807, 2.05) is 74.5 Å². The number of aryl methyl sites for hydroxylation is 2. The fraction of sp³-hybridized carbons (Fsp3) is 0.125. The highest BCUT2D eigenvalue weighted by Crippen LogP contribution is 2.25. The first-order valence-corrected chi connectivity index (χ1v) is 9.48. The van der Waals surface area contributed by atoms with Crippen LogP contribution < -0.4 is 5.32 Å². The smallest absolute Gasteiger partial charge is 0.256 e. The molecule has 0 saturated carbocycles. The molecule has 1 amide bonds. The van der Waals surface area contributed by atoms with E-state index in [1.165, 1.54) is 5.56 Å². The Morgan fingerprint density at radius 3 is 2.21 bits per heavy atom. The quantitative estimate of drug-likeness (QED) is 0.533. The lowest BCUT2D eigenvalue weighted by Gasteiger charge is -2.11. The Balaban J connectivity index is 1.74. The largest absolute Gasteiger partial charge is 0.306 e. The van der Waals surface area contributed by atoms with Gasteiger partial charge in [0.15, 0.2) is 0 Å². The molecule has 0 aliphatic heterocycles. The van der Waals surface area contributed by atoms with E-state index in [0.717, 1.165) is 28.1 Å². The van der Waals surface area contributed by atoms with Crippen LogP contribution >= 0.6 is 0 Å². The van der Waals surface area contributed by atoms with Crippen LogP contribution in [0.1, 0.15) is 27.0 Å². The number of aromatic nitrogens is 3. The van der Waals surface area contributed by atoms with Gasteiger partial charge < -0.3 is 5.32 Å². The van der Waals surface area contributed by atoms with E-state index in [9.17, 15) is 4.79 Å². The van der Waals surface area contributed by atoms with Gasteiger partial charge >= 0.3 is 0 Å². The van der Waals surface area contributed by atoms with Crippen LogP contribution in [0, 0.1) is 20.8 Å². The highest BCUT2D eigenvalue weighted by atomic mass is 16.1. The minimum Gasteiger partial charge on any atom is -0.306 e. The van der Waals surface area contributed by atoms with Crippen LogP contribution in [0.15, 0.2) is 73.1 Å². The van der Waals surface area contributed by atoms with Gasteiger partial charge in [-0.15, -0.1) is 0 Å². The predicted octanol–water partition coefficient (Wildman–Crippen LogP) is 5.11. The standard InChI is InChI=1S/C24H22N4O/c1-16-13-20(14-17(2)18(16)3)24(29)26-23-15-22(19-9-11-25-12-10-19)27-28(23)21-7-5-4-6-8-21/h4-15H,1-3H3,(H,26,29). The van der Waals surface area contributed by atoms with Crippen molar-refractivity contribution in [3.63, 3.8) is 0 Å². The molecule has 1 N–H and O–H groups in total. The molecule has 5 nitrogen and oxygen atoms in total. The van der Waals surface area contributed by atoms with E-state index in [0.29, 0.717) is 11.4 Å². The molecule has 2 aromatic carbocycles. The predicted molar refractivity (Wildman–Crippen MR) is 115 cm³/mol. The first-order chi connectivity index (χ1) is 14.0. The van der Waals surface area contributed by atoms with Crippen molar-refractivity contribution in [3.05, 3.63) is 95.3 Å². The van der Waals surface area contributed by atoms with E-state index in [2.05, 4.69) is 17.2 Å².